The topological polar surface area (TPSA) is 44.5 Å². The van der Waals surface area contributed by atoms with Gasteiger partial charge in [0.2, 0.25) is 0 Å². The van der Waals surface area contributed by atoms with Crippen LogP contribution in [0.2, 0.25) is 5.02 Å². The van der Waals surface area contributed by atoms with Crippen molar-refractivity contribution in [2.24, 2.45) is 0 Å². The van der Waals surface area contributed by atoms with Crippen molar-refractivity contribution in [3.05, 3.63) is 46.5 Å². The Bertz CT molecular complexity index is 630. The van der Waals surface area contributed by atoms with E-state index in [-0.39, 0.29) is 6.10 Å². The van der Waals surface area contributed by atoms with E-state index in [1.54, 1.807) is 0 Å². The number of aryl methyl sites for hydroxylation is 2. The average molecular weight is 306 g/mol. The van der Waals surface area contributed by atoms with Crippen LogP contribution in [0.15, 0.2) is 30.3 Å². The van der Waals surface area contributed by atoms with E-state index in [1.165, 1.54) is 0 Å². The van der Waals surface area contributed by atoms with Crippen LogP contribution in [0.25, 0.3) is 0 Å². The predicted molar refractivity (Wildman–Crippen MR) is 87.6 cm³/mol. The maximum atomic E-state index is 6.17. The van der Waals surface area contributed by atoms with Crippen LogP contribution in [-0.2, 0) is 0 Å². The van der Waals surface area contributed by atoms with E-state index in [0.717, 1.165) is 16.1 Å². The highest BCUT2D eigenvalue weighted by molar-refractivity contribution is 6.32. The summed E-state index contributed by atoms with van der Waals surface area (Å²) in [5, 5.41) is 0.757. The van der Waals surface area contributed by atoms with E-state index in [2.05, 4.69) is 0 Å². The Morgan fingerprint density at radius 1 is 1.05 bits per heavy atom. The molecule has 0 saturated carbocycles. The fraction of sp³-hybridized carbons (Fsp3) is 0.294. The molecule has 0 bridgehead atoms. The quantitative estimate of drug-likeness (QED) is 0.797. The van der Waals surface area contributed by atoms with Gasteiger partial charge in [0.05, 0.1) is 6.10 Å². The highest BCUT2D eigenvalue weighted by atomic mass is 35.5. The largest absolute Gasteiger partial charge is 0.489 e. The molecule has 3 nitrogen and oxygen atoms in total. The van der Waals surface area contributed by atoms with Crippen molar-refractivity contribution in [3.8, 4) is 17.2 Å². The molecule has 2 aromatic rings. The van der Waals surface area contributed by atoms with Crippen LogP contribution >= 0.6 is 11.6 Å². The van der Waals surface area contributed by atoms with Gasteiger partial charge >= 0.3 is 0 Å². The van der Waals surface area contributed by atoms with Gasteiger partial charge in [0.25, 0.3) is 0 Å². The first-order chi connectivity index (χ1) is 9.88. The third-order valence-corrected chi connectivity index (χ3v) is 3.62. The Kier molecular flexibility index (Phi) is 4.63. The predicted octanol–water partition coefficient (Wildman–Crippen LogP) is 5.12. The molecule has 0 aliphatic rings. The van der Waals surface area contributed by atoms with Gasteiger partial charge in [-0.25, -0.2) is 0 Å². The second-order valence-electron chi connectivity index (χ2n) is 5.31. The van der Waals surface area contributed by atoms with Gasteiger partial charge in [0.1, 0.15) is 17.2 Å². The first kappa shape index (κ1) is 15.5. The molecule has 0 fully saturated rings. The number of hydrogen-bond donors (Lipinski definition) is 1. The minimum atomic E-state index is 0.0579. The first-order valence-electron chi connectivity index (χ1n) is 6.88. The minimum Gasteiger partial charge on any atom is -0.489 e. The summed E-state index contributed by atoms with van der Waals surface area (Å²) in [6, 6.07) is 9.30. The molecule has 0 aromatic heterocycles. The molecular formula is C17H20ClNO2. The molecule has 2 N–H and O–H groups in total. The molecule has 4 heteroatoms. The molecule has 2 aromatic carbocycles. The number of hydrogen-bond acceptors (Lipinski definition) is 3. The van der Waals surface area contributed by atoms with Crippen molar-refractivity contribution in [3.63, 3.8) is 0 Å². The number of benzene rings is 2. The first-order valence-corrected chi connectivity index (χ1v) is 7.26. The molecule has 112 valence electrons. The van der Waals surface area contributed by atoms with Crippen molar-refractivity contribution in [1.29, 1.82) is 0 Å². The summed E-state index contributed by atoms with van der Waals surface area (Å²) in [6.07, 6.45) is 0.0579. The molecular weight excluding hydrogens is 286 g/mol. The number of ether oxygens (including phenoxy) is 2. The lowest BCUT2D eigenvalue weighted by atomic mass is 10.1. The molecule has 0 aliphatic carbocycles. The third kappa shape index (κ3) is 3.61. The minimum absolute atomic E-state index is 0.0579. The molecule has 0 heterocycles. The fourth-order valence-electron chi connectivity index (χ4n) is 2.06. The van der Waals surface area contributed by atoms with E-state index >= 15 is 0 Å². The van der Waals surface area contributed by atoms with E-state index in [4.69, 9.17) is 26.8 Å². The summed E-state index contributed by atoms with van der Waals surface area (Å²) in [5.74, 6) is 1.92. The lowest BCUT2D eigenvalue weighted by Crippen LogP contribution is -2.07. The van der Waals surface area contributed by atoms with Gasteiger partial charge in [-0.15, -0.1) is 0 Å². The number of nitrogens with two attached hydrogens (primary N) is 1. The zero-order valence-electron chi connectivity index (χ0n) is 12.7. The van der Waals surface area contributed by atoms with Crippen molar-refractivity contribution in [2.45, 2.75) is 33.8 Å². The molecule has 21 heavy (non-hydrogen) atoms. The fourth-order valence-corrected chi connectivity index (χ4v) is 2.17. The van der Waals surface area contributed by atoms with Gasteiger partial charge in [-0.3, -0.25) is 0 Å². The Hall–Kier alpha value is -1.87. The lowest BCUT2D eigenvalue weighted by molar-refractivity contribution is 0.243. The molecule has 2 rings (SSSR count). The average Bonchev–Trinajstić information content (AvgIpc) is 2.40. The van der Waals surface area contributed by atoms with Crippen LogP contribution in [0.5, 0.6) is 17.2 Å². The van der Waals surface area contributed by atoms with Gasteiger partial charge in [-0.2, -0.15) is 0 Å². The van der Waals surface area contributed by atoms with Crippen molar-refractivity contribution >= 4 is 17.3 Å². The molecule has 0 atom stereocenters. The van der Waals surface area contributed by atoms with E-state index in [1.807, 2.05) is 58.0 Å². The number of rotatable bonds is 4. The summed E-state index contributed by atoms with van der Waals surface area (Å²) >= 11 is 6.17. The number of para-hydroxylation sites is 1. The molecule has 0 radical (unpaired) electrons. The second-order valence-corrected chi connectivity index (χ2v) is 5.69. The normalized spacial score (nSPS) is 10.8. The van der Waals surface area contributed by atoms with Crippen molar-refractivity contribution in [2.75, 3.05) is 5.73 Å². The monoisotopic (exact) mass is 305 g/mol. The smallest absolute Gasteiger partial charge is 0.154 e. The van der Waals surface area contributed by atoms with Crippen LogP contribution in [-0.4, -0.2) is 6.10 Å². The van der Waals surface area contributed by atoms with E-state index in [0.29, 0.717) is 22.9 Å². The van der Waals surface area contributed by atoms with Gasteiger partial charge < -0.3 is 15.2 Å². The van der Waals surface area contributed by atoms with E-state index in [9.17, 15) is 0 Å². The standard InChI is InChI=1S/C17H20ClNO2/c1-10(2)20-14-6-5-7-15(17(14)19)21-13-8-11(3)16(18)12(4)9-13/h5-10H,19H2,1-4H3. The van der Waals surface area contributed by atoms with Crippen LogP contribution in [0, 0.1) is 13.8 Å². The van der Waals surface area contributed by atoms with Crippen LogP contribution < -0.4 is 15.2 Å². The maximum absolute atomic E-state index is 6.17. The SMILES string of the molecule is Cc1cc(Oc2cccc(OC(C)C)c2N)cc(C)c1Cl. The molecule has 0 amide bonds. The van der Waals surface area contributed by atoms with Crippen molar-refractivity contribution < 1.29 is 9.47 Å². The summed E-state index contributed by atoms with van der Waals surface area (Å²) in [6.45, 7) is 7.81. The van der Waals surface area contributed by atoms with Gasteiger partial charge in [0.15, 0.2) is 5.75 Å². The zero-order chi connectivity index (χ0) is 15.6. The summed E-state index contributed by atoms with van der Waals surface area (Å²) in [7, 11) is 0. The van der Waals surface area contributed by atoms with Gasteiger partial charge in [-0.1, -0.05) is 17.7 Å². The summed E-state index contributed by atoms with van der Waals surface area (Å²) in [4.78, 5) is 0. The summed E-state index contributed by atoms with van der Waals surface area (Å²) in [5.41, 5.74) is 8.55. The van der Waals surface area contributed by atoms with Gasteiger partial charge in [-0.05, 0) is 63.1 Å². The highest BCUT2D eigenvalue weighted by Gasteiger charge is 2.11. The number of nitrogen functional groups attached to an aromatic ring is 1. The van der Waals surface area contributed by atoms with Gasteiger partial charge in [0, 0.05) is 5.02 Å². The Morgan fingerprint density at radius 3 is 2.19 bits per heavy atom. The zero-order valence-corrected chi connectivity index (χ0v) is 13.5. The molecule has 0 aliphatic heterocycles. The highest BCUT2D eigenvalue weighted by Crippen LogP contribution is 2.36. The van der Waals surface area contributed by atoms with Crippen LogP contribution in [0.4, 0.5) is 5.69 Å². The Morgan fingerprint density at radius 2 is 1.62 bits per heavy atom. The van der Waals surface area contributed by atoms with Crippen LogP contribution in [0.1, 0.15) is 25.0 Å². The number of halogens is 1. The summed E-state index contributed by atoms with van der Waals surface area (Å²) < 4.78 is 11.5. The lowest BCUT2D eigenvalue weighted by Gasteiger charge is -2.16. The van der Waals surface area contributed by atoms with Crippen molar-refractivity contribution in [1.82, 2.24) is 0 Å². The van der Waals surface area contributed by atoms with Crippen LogP contribution in [0.3, 0.4) is 0 Å². The Labute approximate surface area is 130 Å². The molecule has 0 spiro atoms. The van der Waals surface area contributed by atoms with E-state index < -0.39 is 0 Å². The molecule has 0 saturated heterocycles. The number of anilines is 1. The molecule has 0 unspecified atom stereocenters. The third-order valence-electron chi connectivity index (χ3n) is 3.03. The Balaban J connectivity index is 2.32. The second kappa shape index (κ2) is 6.27. The maximum Gasteiger partial charge on any atom is 0.154 e.